The molecule has 110 valence electrons. The first-order valence-electron chi connectivity index (χ1n) is 6.65. The summed E-state index contributed by atoms with van der Waals surface area (Å²) in [7, 11) is 3.89. The number of amides is 1. The minimum atomic E-state index is -0.443. The molecule has 1 amide bonds. The molecule has 0 aromatic heterocycles. The molecule has 0 spiro atoms. The predicted molar refractivity (Wildman–Crippen MR) is 78.9 cm³/mol. The van der Waals surface area contributed by atoms with Crippen LogP contribution in [0.1, 0.15) is 19.8 Å². The maximum absolute atomic E-state index is 12.1. The summed E-state index contributed by atoms with van der Waals surface area (Å²) in [6.45, 7) is 3.27. The largest absolute Gasteiger partial charge is 0.311 e. The Labute approximate surface area is 119 Å². The lowest BCUT2D eigenvalue weighted by molar-refractivity contribution is -0.384. The molecular weight excluding hydrogens is 258 g/mol. The van der Waals surface area contributed by atoms with Crippen molar-refractivity contribution in [3.63, 3.8) is 0 Å². The number of nitro benzene ring substituents is 1. The number of nitrogens with zero attached hydrogens (tertiary/aromatic N) is 3. The molecule has 6 heteroatoms. The Hall–Kier alpha value is -1.95. The number of benzene rings is 1. The van der Waals surface area contributed by atoms with Crippen molar-refractivity contribution in [2.45, 2.75) is 19.8 Å². The van der Waals surface area contributed by atoms with Crippen LogP contribution in [0.25, 0.3) is 0 Å². The van der Waals surface area contributed by atoms with Crippen molar-refractivity contribution in [3.05, 3.63) is 34.4 Å². The molecule has 0 aliphatic carbocycles. The minimum Gasteiger partial charge on any atom is -0.311 e. The van der Waals surface area contributed by atoms with E-state index < -0.39 is 4.92 Å². The van der Waals surface area contributed by atoms with E-state index in [-0.39, 0.29) is 11.6 Å². The molecule has 20 heavy (non-hydrogen) atoms. The molecule has 0 heterocycles. The predicted octanol–water partition coefficient (Wildman–Crippen LogP) is 2.29. The Morgan fingerprint density at radius 2 is 1.80 bits per heavy atom. The third kappa shape index (κ3) is 4.62. The third-order valence-corrected chi connectivity index (χ3v) is 2.91. The molecule has 1 aromatic carbocycles. The summed E-state index contributed by atoms with van der Waals surface area (Å²) in [4.78, 5) is 26.0. The van der Waals surface area contributed by atoms with Gasteiger partial charge in [0.1, 0.15) is 0 Å². The van der Waals surface area contributed by atoms with Crippen molar-refractivity contribution < 1.29 is 9.72 Å². The molecule has 0 fully saturated rings. The number of anilines is 1. The molecule has 0 saturated heterocycles. The number of hydrogen-bond acceptors (Lipinski definition) is 4. The van der Waals surface area contributed by atoms with E-state index in [9.17, 15) is 14.9 Å². The quantitative estimate of drug-likeness (QED) is 0.567. The third-order valence-electron chi connectivity index (χ3n) is 2.91. The molecule has 0 saturated carbocycles. The maximum atomic E-state index is 12.1. The SMILES string of the molecule is CCCC(=O)N(CCN(C)C)c1ccc([N+](=O)[O-])cc1. The van der Waals surface area contributed by atoms with Gasteiger partial charge in [0.2, 0.25) is 5.91 Å². The summed E-state index contributed by atoms with van der Waals surface area (Å²) in [5, 5.41) is 10.7. The number of non-ortho nitro benzene ring substituents is 1. The van der Waals surface area contributed by atoms with E-state index in [2.05, 4.69) is 0 Å². The van der Waals surface area contributed by atoms with Gasteiger partial charge in [0.05, 0.1) is 4.92 Å². The fourth-order valence-corrected chi connectivity index (χ4v) is 1.80. The van der Waals surface area contributed by atoms with Gasteiger partial charge in [0.15, 0.2) is 0 Å². The number of nitro groups is 1. The van der Waals surface area contributed by atoms with Crippen LogP contribution in [0.3, 0.4) is 0 Å². The molecule has 0 bridgehead atoms. The van der Waals surface area contributed by atoms with Gasteiger partial charge in [0.25, 0.3) is 5.69 Å². The Balaban J connectivity index is 2.90. The van der Waals surface area contributed by atoms with E-state index in [1.165, 1.54) is 12.1 Å². The van der Waals surface area contributed by atoms with Gasteiger partial charge in [0, 0.05) is 37.3 Å². The van der Waals surface area contributed by atoms with Gasteiger partial charge in [-0.05, 0) is 32.6 Å². The van der Waals surface area contributed by atoms with Crippen molar-refractivity contribution >= 4 is 17.3 Å². The van der Waals surface area contributed by atoms with Crippen LogP contribution in [0.2, 0.25) is 0 Å². The normalized spacial score (nSPS) is 10.6. The second kappa shape index (κ2) is 7.59. The number of carbonyl (C=O) groups excluding carboxylic acids is 1. The topological polar surface area (TPSA) is 66.7 Å². The summed E-state index contributed by atoms with van der Waals surface area (Å²) < 4.78 is 0. The van der Waals surface area contributed by atoms with E-state index in [1.54, 1.807) is 17.0 Å². The van der Waals surface area contributed by atoms with Gasteiger partial charge in [-0.25, -0.2) is 0 Å². The first-order chi connectivity index (χ1) is 9.45. The summed E-state index contributed by atoms with van der Waals surface area (Å²) in [6.07, 6.45) is 1.26. The summed E-state index contributed by atoms with van der Waals surface area (Å²) >= 11 is 0. The van der Waals surface area contributed by atoms with E-state index in [1.807, 2.05) is 25.9 Å². The average Bonchev–Trinajstić information content (AvgIpc) is 2.39. The van der Waals surface area contributed by atoms with Crippen molar-refractivity contribution in [3.8, 4) is 0 Å². The summed E-state index contributed by atoms with van der Waals surface area (Å²) in [5.41, 5.74) is 0.736. The Kier molecular flexibility index (Phi) is 6.11. The van der Waals surface area contributed by atoms with E-state index in [4.69, 9.17) is 0 Å². The van der Waals surface area contributed by atoms with Gasteiger partial charge in [-0.3, -0.25) is 14.9 Å². The lowest BCUT2D eigenvalue weighted by Gasteiger charge is -2.24. The van der Waals surface area contributed by atoms with Crippen molar-refractivity contribution in [2.75, 3.05) is 32.1 Å². The molecule has 1 aromatic rings. The van der Waals surface area contributed by atoms with Crippen LogP contribution in [0.15, 0.2) is 24.3 Å². The second-order valence-electron chi connectivity index (χ2n) is 4.87. The van der Waals surface area contributed by atoms with Gasteiger partial charge < -0.3 is 9.80 Å². The number of rotatable bonds is 7. The molecule has 0 aliphatic heterocycles. The van der Waals surface area contributed by atoms with Crippen LogP contribution in [0.5, 0.6) is 0 Å². The van der Waals surface area contributed by atoms with Crippen LogP contribution >= 0.6 is 0 Å². The van der Waals surface area contributed by atoms with E-state index >= 15 is 0 Å². The van der Waals surface area contributed by atoms with Gasteiger partial charge >= 0.3 is 0 Å². The highest BCUT2D eigenvalue weighted by molar-refractivity contribution is 5.93. The number of carbonyl (C=O) groups is 1. The monoisotopic (exact) mass is 279 g/mol. The molecule has 0 unspecified atom stereocenters. The lowest BCUT2D eigenvalue weighted by atomic mass is 10.2. The van der Waals surface area contributed by atoms with E-state index in [0.717, 1.165) is 13.0 Å². The van der Waals surface area contributed by atoms with Crippen molar-refractivity contribution in [1.82, 2.24) is 4.90 Å². The average molecular weight is 279 g/mol. The zero-order valence-electron chi connectivity index (χ0n) is 12.2. The second-order valence-corrected chi connectivity index (χ2v) is 4.87. The summed E-state index contributed by atoms with van der Waals surface area (Å²) in [6, 6.07) is 6.11. The lowest BCUT2D eigenvalue weighted by Crippen LogP contribution is -2.36. The standard InChI is InChI=1S/C14H21N3O3/c1-4-5-14(18)16(11-10-15(2)3)12-6-8-13(9-7-12)17(19)20/h6-9H,4-5,10-11H2,1-3H3. The first-order valence-corrected chi connectivity index (χ1v) is 6.65. The zero-order valence-corrected chi connectivity index (χ0v) is 12.2. The van der Waals surface area contributed by atoms with Crippen LogP contribution in [0.4, 0.5) is 11.4 Å². The molecule has 0 radical (unpaired) electrons. The zero-order chi connectivity index (χ0) is 15.1. The van der Waals surface area contributed by atoms with Crippen LogP contribution < -0.4 is 4.90 Å². The molecule has 0 atom stereocenters. The molecule has 0 aliphatic rings. The smallest absolute Gasteiger partial charge is 0.269 e. The molecule has 6 nitrogen and oxygen atoms in total. The maximum Gasteiger partial charge on any atom is 0.269 e. The summed E-state index contributed by atoms with van der Waals surface area (Å²) in [5.74, 6) is 0.0446. The van der Waals surface area contributed by atoms with Gasteiger partial charge in [-0.2, -0.15) is 0 Å². The molecular formula is C14H21N3O3. The van der Waals surface area contributed by atoms with E-state index in [0.29, 0.717) is 18.7 Å². The fourth-order valence-electron chi connectivity index (χ4n) is 1.80. The Morgan fingerprint density at radius 3 is 2.25 bits per heavy atom. The molecule has 1 rings (SSSR count). The van der Waals surface area contributed by atoms with Gasteiger partial charge in [-0.1, -0.05) is 6.92 Å². The molecule has 0 N–H and O–H groups in total. The van der Waals surface area contributed by atoms with Crippen LogP contribution in [-0.2, 0) is 4.79 Å². The first kappa shape index (κ1) is 16.1. The number of hydrogen-bond donors (Lipinski definition) is 0. The van der Waals surface area contributed by atoms with Crippen LogP contribution in [-0.4, -0.2) is 42.9 Å². The highest BCUT2D eigenvalue weighted by Gasteiger charge is 2.16. The Bertz CT molecular complexity index is 457. The van der Waals surface area contributed by atoms with Gasteiger partial charge in [-0.15, -0.1) is 0 Å². The fraction of sp³-hybridized carbons (Fsp3) is 0.500. The van der Waals surface area contributed by atoms with Crippen LogP contribution in [0, 0.1) is 10.1 Å². The highest BCUT2D eigenvalue weighted by Crippen LogP contribution is 2.20. The highest BCUT2D eigenvalue weighted by atomic mass is 16.6. The Morgan fingerprint density at radius 1 is 1.20 bits per heavy atom. The number of likely N-dealkylation sites (N-methyl/N-ethyl adjacent to an activating group) is 1. The van der Waals surface area contributed by atoms with Crippen molar-refractivity contribution in [2.24, 2.45) is 0 Å². The van der Waals surface area contributed by atoms with Crippen molar-refractivity contribution in [1.29, 1.82) is 0 Å². The minimum absolute atomic E-state index is 0.0317.